The van der Waals surface area contributed by atoms with Gasteiger partial charge in [0.25, 0.3) is 11.6 Å². The second-order valence-corrected chi connectivity index (χ2v) is 8.11. The normalized spacial score (nSPS) is 22.6. The maximum atomic E-state index is 14.3. The number of fused-ring (bicyclic) bond motifs is 3. The largest absolute Gasteiger partial charge is 0.440 e. The summed E-state index contributed by atoms with van der Waals surface area (Å²) in [5.74, 6) is -2.29. The van der Waals surface area contributed by atoms with Crippen LogP contribution in [-0.4, -0.2) is 27.5 Å². The van der Waals surface area contributed by atoms with Crippen LogP contribution in [0.2, 0.25) is 0 Å². The summed E-state index contributed by atoms with van der Waals surface area (Å²) in [4.78, 5) is 29.4. The molecule has 1 fully saturated rings. The summed E-state index contributed by atoms with van der Waals surface area (Å²) in [6.45, 7) is 3.61. The molecule has 0 bridgehead atoms. The molecule has 1 aliphatic carbocycles. The minimum atomic E-state index is -5.04. The Balaban J connectivity index is 1.78. The third kappa shape index (κ3) is 3.07. The molecule has 2 aliphatic rings. The number of hydrogen-bond donors (Lipinski definition) is 2. The average Bonchev–Trinajstić information content (AvgIpc) is 3.10. The summed E-state index contributed by atoms with van der Waals surface area (Å²) < 4.78 is 43.8. The predicted octanol–water partition coefficient (Wildman–Crippen LogP) is 3.91. The van der Waals surface area contributed by atoms with Gasteiger partial charge in [-0.2, -0.15) is 13.2 Å². The molecule has 0 saturated heterocycles. The summed E-state index contributed by atoms with van der Waals surface area (Å²) in [7, 11) is 0. The highest BCUT2D eigenvalue weighted by molar-refractivity contribution is 6.05. The van der Waals surface area contributed by atoms with Crippen molar-refractivity contribution in [3.8, 4) is 0 Å². The topological polar surface area (TPSA) is 76.0 Å². The molecule has 1 saturated carbocycles. The van der Waals surface area contributed by atoms with Gasteiger partial charge < -0.3 is 5.32 Å². The zero-order valence-electron chi connectivity index (χ0n) is 16.3. The monoisotopic (exact) mass is 408 g/mol. The third-order valence-corrected chi connectivity index (χ3v) is 6.09. The zero-order valence-corrected chi connectivity index (χ0v) is 16.3. The number of aryl methyl sites for hydroxylation is 2. The minimum Gasteiger partial charge on any atom is -0.317 e. The van der Waals surface area contributed by atoms with Crippen molar-refractivity contribution >= 4 is 28.8 Å². The fraction of sp³-hybridized carbons (Fsp3) is 0.550. The number of carbonyl (C=O) groups is 2. The molecule has 2 heterocycles. The van der Waals surface area contributed by atoms with E-state index in [0.29, 0.717) is 5.52 Å². The summed E-state index contributed by atoms with van der Waals surface area (Å²) in [5.41, 5.74) is -1.08. The highest BCUT2D eigenvalue weighted by Gasteiger charge is 2.67. The van der Waals surface area contributed by atoms with Gasteiger partial charge >= 0.3 is 6.18 Å². The number of hydrogen-bond acceptors (Lipinski definition) is 3. The second-order valence-electron chi connectivity index (χ2n) is 8.11. The van der Waals surface area contributed by atoms with E-state index in [-0.39, 0.29) is 23.8 Å². The van der Waals surface area contributed by atoms with E-state index in [1.54, 1.807) is 19.1 Å². The van der Waals surface area contributed by atoms with Gasteiger partial charge in [-0.25, -0.2) is 4.98 Å². The summed E-state index contributed by atoms with van der Waals surface area (Å²) in [6, 6.07) is 3.24. The Labute approximate surface area is 165 Å². The number of aromatic nitrogens is 2. The van der Waals surface area contributed by atoms with Gasteiger partial charge in [0.2, 0.25) is 11.9 Å². The maximum absolute atomic E-state index is 14.3. The Morgan fingerprint density at radius 2 is 1.90 bits per heavy atom. The van der Waals surface area contributed by atoms with Crippen molar-refractivity contribution in [3.63, 3.8) is 0 Å². The quantitative estimate of drug-likeness (QED) is 0.809. The molecule has 1 aromatic heterocycles. The van der Waals surface area contributed by atoms with Gasteiger partial charge in [0.15, 0.2) is 0 Å². The van der Waals surface area contributed by atoms with Crippen molar-refractivity contribution < 1.29 is 22.8 Å². The molecule has 6 nitrogen and oxygen atoms in total. The second kappa shape index (κ2) is 6.74. The van der Waals surface area contributed by atoms with Crippen molar-refractivity contribution in [1.29, 1.82) is 0 Å². The van der Waals surface area contributed by atoms with E-state index in [1.807, 2.05) is 12.2 Å². The molecule has 0 spiro atoms. The first kappa shape index (κ1) is 19.7. The van der Waals surface area contributed by atoms with Crippen molar-refractivity contribution in [2.75, 3.05) is 5.32 Å². The number of anilines is 1. The van der Waals surface area contributed by atoms with E-state index in [1.165, 1.54) is 0 Å². The number of nitrogens with zero attached hydrogens (tertiary/aromatic N) is 2. The number of amides is 2. The number of nitrogens with one attached hydrogen (secondary N) is 2. The third-order valence-electron chi connectivity index (χ3n) is 6.09. The molecule has 2 N–H and O–H groups in total. The molecule has 2 aromatic rings. The highest BCUT2D eigenvalue weighted by Crippen LogP contribution is 2.44. The van der Waals surface area contributed by atoms with Crippen molar-refractivity contribution in [1.82, 2.24) is 14.9 Å². The van der Waals surface area contributed by atoms with Crippen LogP contribution in [0.3, 0.4) is 0 Å². The lowest BCUT2D eigenvalue weighted by molar-refractivity contribution is -0.217. The maximum Gasteiger partial charge on any atom is 0.440 e. The Hall–Kier alpha value is -2.58. The number of rotatable bonds is 3. The van der Waals surface area contributed by atoms with E-state index in [0.717, 1.165) is 47.8 Å². The molecule has 1 unspecified atom stereocenters. The fourth-order valence-corrected chi connectivity index (χ4v) is 4.39. The molecule has 1 aliphatic heterocycles. The molecule has 29 heavy (non-hydrogen) atoms. The highest BCUT2D eigenvalue weighted by atomic mass is 19.4. The first-order valence-corrected chi connectivity index (χ1v) is 9.83. The van der Waals surface area contributed by atoms with Crippen molar-refractivity contribution in [3.05, 3.63) is 23.3 Å². The Kier molecular flexibility index (Phi) is 4.59. The van der Waals surface area contributed by atoms with Gasteiger partial charge in [0.05, 0.1) is 11.0 Å². The van der Waals surface area contributed by atoms with Crippen molar-refractivity contribution in [2.24, 2.45) is 5.92 Å². The Morgan fingerprint density at radius 3 is 2.55 bits per heavy atom. The zero-order chi connectivity index (χ0) is 21.0. The number of halogens is 3. The fourth-order valence-electron chi connectivity index (χ4n) is 4.39. The van der Waals surface area contributed by atoms with E-state index < -0.39 is 23.7 Å². The Morgan fingerprint density at radius 1 is 1.24 bits per heavy atom. The minimum absolute atomic E-state index is 0.0226. The van der Waals surface area contributed by atoms with Crippen LogP contribution in [0.5, 0.6) is 0 Å². The molecule has 4 rings (SSSR count). The lowest BCUT2D eigenvalue weighted by Crippen LogP contribution is -2.63. The van der Waals surface area contributed by atoms with Crippen LogP contribution in [0, 0.1) is 19.8 Å². The van der Waals surface area contributed by atoms with E-state index >= 15 is 0 Å². The van der Waals surface area contributed by atoms with Crippen LogP contribution in [0.1, 0.15) is 49.7 Å². The standard InChI is InChI=1S/C20H23F3N4O2/c1-11-8-14-15(9-12(11)2)27-18(24-14)25-17(29)19(27,20(21,22)23)26-16(28)10-13-6-4-3-5-7-13/h8-9,13H,3-7,10H2,1-2H3,(H,26,28)(H,24,25,29). The van der Waals surface area contributed by atoms with Crippen LogP contribution < -0.4 is 10.6 Å². The van der Waals surface area contributed by atoms with Crippen LogP contribution in [0.15, 0.2) is 12.1 Å². The molecular formula is C20H23F3N4O2. The van der Waals surface area contributed by atoms with Gasteiger partial charge in [-0.05, 0) is 55.9 Å². The average molecular weight is 408 g/mol. The van der Waals surface area contributed by atoms with Gasteiger partial charge in [-0.15, -0.1) is 0 Å². The lowest BCUT2D eigenvalue weighted by Gasteiger charge is -2.33. The number of alkyl halides is 3. The molecule has 156 valence electrons. The predicted molar refractivity (Wildman–Crippen MR) is 101 cm³/mol. The van der Waals surface area contributed by atoms with E-state index in [4.69, 9.17) is 0 Å². The number of imidazole rings is 1. The van der Waals surface area contributed by atoms with Gasteiger partial charge in [0.1, 0.15) is 0 Å². The SMILES string of the molecule is Cc1cc2nc3n(c2cc1C)C(NC(=O)CC1CCCCC1)(C(F)(F)F)C(=O)N3. The van der Waals surface area contributed by atoms with Gasteiger partial charge in [-0.1, -0.05) is 19.3 Å². The van der Waals surface area contributed by atoms with Crippen LogP contribution in [-0.2, 0) is 15.3 Å². The van der Waals surface area contributed by atoms with Gasteiger partial charge in [-0.3, -0.25) is 19.5 Å². The lowest BCUT2D eigenvalue weighted by atomic mass is 9.86. The first-order chi connectivity index (χ1) is 13.6. The van der Waals surface area contributed by atoms with E-state index in [2.05, 4.69) is 10.3 Å². The number of benzene rings is 1. The molecule has 2 amide bonds. The van der Waals surface area contributed by atoms with Crippen LogP contribution >= 0.6 is 0 Å². The van der Waals surface area contributed by atoms with Crippen LogP contribution in [0.4, 0.5) is 19.1 Å². The summed E-state index contributed by atoms with van der Waals surface area (Å²) >= 11 is 0. The van der Waals surface area contributed by atoms with Crippen molar-refractivity contribution in [2.45, 2.75) is 64.2 Å². The molecule has 1 aromatic carbocycles. The molecule has 9 heteroatoms. The first-order valence-electron chi connectivity index (χ1n) is 9.83. The van der Waals surface area contributed by atoms with Gasteiger partial charge in [0, 0.05) is 6.42 Å². The molecule has 1 atom stereocenters. The molecular weight excluding hydrogens is 385 g/mol. The smallest absolute Gasteiger partial charge is 0.317 e. The number of carbonyl (C=O) groups excluding carboxylic acids is 2. The molecule has 0 radical (unpaired) electrons. The summed E-state index contributed by atoms with van der Waals surface area (Å²) in [5, 5.41) is 4.26. The Bertz CT molecular complexity index is 992. The van der Waals surface area contributed by atoms with Crippen LogP contribution in [0.25, 0.3) is 11.0 Å². The summed E-state index contributed by atoms with van der Waals surface area (Å²) in [6.07, 6.45) is -0.416. The van der Waals surface area contributed by atoms with E-state index in [9.17, 15) is 22.8 Å².